The van der Waals surface area contributed by atoms with Gasteiger partial charge in [0.05, 0.1) is 0 Å². The van der Waals surface area contributed by atoms with E-state index in [0.29, 0.717) is 11.6 Å². The number of carboxylic acids is 1. The topological polar surface area (TPSA) is 86.0 Å². The van der Waals surface area contributed by atoms with Gasteiger partial charge in [-0.1, -0.05) is 0 Å². The number of nitrogens with zero attached hydrogens (tertiary/aromatic N) is 2. The van der Waals surface area contributed by atoms with E-state index in [0.717, 1.165) is 13.1 Å². The van der Waals surface area contributed by atoms with Crippen LogP contribution in [0.2, 0.25) is 0 Å². The zero-order valence-corrected chi connectivity index (χ0v) is 9.61. The summed E-state index contributed by atoms with van der Waals surface area (Å²) in [6, 6.07) is 5.88. The average Bonchev–Trinajstić information content (AvgIpc) is 2.26. The Hall–Kier alpha value is -2.14. The van der Waals surface area contributed by atoms with E-state index in [1.807, 2.05) is 18.2 Å². The monoisotopic (exact) mass is 273 g/mol. The fourth-order valence-electron chi connectivity index (χ4n) is 1.29. The van der Waals surface area contributed by atoms with Gasteiger partial charge in [-0.15, -0.1) is 0 Å². The predicted octanol–water partition coefficient (Wildman–Crippen LogP) is 1.27. The van der Waals surface area contributed by atoms with Gasteiger partial charge in [-0.05, 0) is 17.7 Å². The van der Waals surface area contributed by atoms with Crippen LogP contribution in [0.3, 0.4) is 0 Å². The number of aromatic nitrogens is 1. The fourth-order valence-corrected chi connectivity index (χ4v) is 1.29. The normalized spacial score (nSPS) is 14.6. The molecule has 2 N–H and O–H groups in total. The van der Waals surface area contributed by atoms with Crippen LogP contribution in [0.15, 0.2) is 18.3 Å². The number of hydrogen-bond donors (Lipinski definition) is 2. The molecule has 1 saturated heterocycles. The van der Waals surface area contributed by atoms with Crippen molar-refractivity contribution in [1.82, 2.24) is 10.3 Å². The van der Waals surface area contributed by atoms with E-state index < -0.39 is 12.1 Å². The van der Waals surface area contributed by atoms with Crippen LogP contribution in [0.25, 0.3) is 0 Å². The van der Waals surface area contributed by atoms with E-state index >= 15 is 0 Å². The number of carboxylic acid groups (broad SMARTS) is 1. The van der Waals surface area contributed by atoms with Crippen LogP contribution in [0.1, 0.15) is 17.2 Å². The Kier molecular flexibility index (Phi) is 4.83. The molecule has 102 valence electrons. The lowest BCUT2D eigenvalue weighted by Crippen LogP contribution is -2.39. The Morgan fingerprint density at radius 3 is 2.47 bits per heavy atom. The van der Waals surface area contributed by atoms with Crippen molar-refractivity contribution in [1.29, 1.82) is 5.26 Å². The van der Waals surface area contributed by atoms with Gasteiger partial charge >= 0.3 is 12.1 Å². The van der Waals surface area contributed by atoms with Crippen LogP contribution in [-0.2, 0) is 4.79 Å². The molecule has 0 spiro atoms. The molecule has 0 amide bonds. The van der Waals surface area contributed by atoms with Crippen LogP contribution in [0.4, 0.5) is 13.2 Å². The average molecular weight is 273 g/mol. The molecule has 8 heteroatoms. The van der Waals surface area contributed by atoms with Gasteiger partial charge in [-0.3, -0.25) is 0 Å². The maximum Gasteiger partial charge on any atom is 0.490 e. The van der Waals surface area contributed by atoms with Crippen LogP contribution >= 0.6 is 0 Å². The van der Waals surface area contributed by atoms with Crippen molar-refractivity contribution in [3.63, 3.8) is 0 Å². The van der Waals surface area contributed by atoms with Gasteiger partial charge in [0.1, 0.15) is 11.8 Å². The van der Waals surface area contributed by atoms with E-state index in [1.54, 1.807) is 6.20 Å². The van der Waals surface area contributed by atoms with E-state index in [2.05, 4.69) is 10.3 Å². The SMILES string of the molecule is N#Cc1cc(C2CNC2)ccn1.O=C(O)C(F)(F)F. The second kappa shape index (κ2) is 6.15. The molecule has 2 heterocycles. The van der Waals surface area contributed by atoms with Gasteiger partial charge in [-0.2, -0.15) is 18.4 Å². The molecule has 1 aliphatic rings. The van der Waals surface area contributed by atoms with Crippen molar-refractivity contribution in [2.75, 3.05) is 13.1 Å². The maximum atomic E-state index is 10.6. The lowest BCUT2D eigenvalue weighted by Gasteiger charge is -2.27. The van der Waals surface area contributed by atoms with Crippen molar-refractivity contribution < 1.29 is 23.1 Å². The number of rotatable bonds is 1. The third kappa shape index (κ3) is 4.56. The first-order valence-electron chi connectivity index (χ1n) is 5.21. The van der Waals surface area contributed by atoms with Gasteiger partial charge < -0.3 is 10.4 Å². The number of nitriles is 1. The van der Waals surface area contributed by atoms with Gasteiger partial charge in [0.15, 0.2) is 0 Å². The minimum absolute atomic E-state index is 0.513. The summed E-state index contributed by atoms with van der Waals surface area (Å²) in [4.78, 5) is 12.8. The molecule has 0 aromatic carbocycles. The molecule has 0 saturated carbocycles. The lowest BCUT2D eigenvalue weighted by molar-refractivity contribution is -0.192. The Labute approximate surface area is 106 Å². The van der Waals surface area contributed by atoms with Gasteiger partial charge in [-0.25, -0.2) is 9.78 Å². The minimum Gasteiger partial charge on any atom is -0.475 e. The highest BCUT2D eigenvalue weighted by Crippen LogP contribution is 2.19. The van der Waals surface area contributed by atoms with Crippen molar-refractivity contribution in [2.24, 2.45) is 0 Å². The molecule has 2 rings (SSSR count). The largest absolute Gasteiger partial charge is 0.490 e. The minimum atomic E-state index is -5.08. The number of pyridine rings is 1. The molecule has 1 aliphatic heterocycles. The first-order chi connectivity index (χ1) is 8.84. The first-order valence-corrected chi connectivity index (χ1v) is 5.21. The molecular formula is C11H10F3N3O2. The van der Waals surface area contributed by atoms with E-state index in [4.69, 9.17) is 15.2 Å². The second-order valence-electron chi connectivity index (χ2n) is 3.74. The van der Waals surface area contributed by atoms with Crippen LogP contribution in [-0.4, -0.2) is 35.3 Å². The molecule has 1 fully saturated rings. The molecule has 0 aliphatic carbocycles. The fraction of sp³-hybridized carbons (Fsp3) is 0.364. The Morgan fingerprint density at radius 1 is 1.53 bits per heavy atom. The highest BCUT2D eigenvalue weighted by molar-refractivity contribution is 5.73. The van der Waals surface area contributed by atoms with E-state index in [9.17, 15) is 13.2 Å². The standard InChI is InChI=1S/C9H9N3.C2HF3O2/c10-4-9-3-7(1-2-12-9)8-5-11-6-8;3-2(4,5)1(6)7/h1-3,8,11H,5-6H2;(H,6,7). The van der Waals surface area contributed by atoms with Gasteiger partial charge in [0.25, 0.3) is 0 Å². The summed E-state index contributed by atoms with van der Waals surface area (Å²) in [5.74, 6) is -2.17. The highest BCUT2D eigenvalue weighted by Gasteiger charge is 2.38. The van der Waals surface area contributed by atoms with Crippen molar-refractivity contribution in [3.05, 3.63) is 29.6 Å². The zero-order chi connectivity index (χ0) is 14.5. The number of nitrogens with one attached hydrogen (secondary N) is 1. The first kappa shape index (κ1) is 14.9. The Balaban J connectivity index is 0.000000224. The maximum absolute atomic E-state index is 10.6. The summed E-state index contributed by atoms with van der Waals surface area (Å²) in [7, 11) is 0. The number of halogens is 3. The van der Waals surface area contributed by atoms with Gasteiger partial charge in [0, 0.05) is 25.2 Å². The van der Waals surface area contributed by atoms with Gasteiger partial charge in [0.2, 0.25) is 0 Å². The summed E-state index contributed by atoms with van der Waals surface area (Å²) in [6.07, 6.45) is -3.38. The second-order valence-corrected chi connectivity index (χ2v) is 3.74. The zero-order valence-electron chi connectivity index (χ0n) is 9.61. The Morgan fingerprint density at radius 2 is 2.11 bits per heavy atom. The summed E-state index contributed by atoms with van der Waals surface area (Å²) < 4.78 is 31.7. The third-order valence-electron chi connectivity index (χ3n) is 2.39. The summed E-state index contributed by atoms with van der Waals surface area (Å²) in [6.45, 7) is 2.05. The van der Waals surface area contributed by atoms with Crippen molar-refractivity contribution >= 4 is 5.97 Å². The number of alkyl halides is 3. The molecule has 19 heavy (non-hydrogen) atoms. The van der Waals surface area contributed by atoms with Crippen LogP contribution in [0.5, 0.6) is 0 Å². The molecular weight excluding hydrogens is 263 g/mol. The molecule has 0 atom stereocenters. The number of aliphatic carboxylic acids is 1. The van der Waals surface area contributed by atoms with E-state index in [-0.39, 0.29) is 0 Å². The summed E-state index contributed by atoms with van der Waals surface area (Å²) in [5.41, 5.74) is 1.74. The Bertz CT molecular complexity index is 493. The molecule has 0 unspecified atom stereocenters. The molecule has 1 aromatic rings. The summed E-state index contributed by atoms with van der Waals surface area (Å²) >= 11 is 0. The molecule has 5 nitrogen and oxygen atoms in total. The molecule has 0 bridgehead atoms. The predicted molar refractivity (Wildman–Crippen MR) is 58.3 cm³/mol. The van der Waals surface area contributed by atoms with Crippen LogP contribution in [0, 0.1) is 11.3 Å². The smallest absolute Gasteiger partial charge is 0.475 e. The quantitative estimate of drug-likeness (QED) is 0.804. The highest BCUT2D eigenvalue weighted by atomic mass is 19.4. The number of carbonyl (C=O) groups is 1. The van der Waals surface area contributed by atoms with Crippen LogP contribution < -0.4 is 5.32 Å². The third-order valence-corrected chi connectivity index (χ3v) is 2.39. The van der Waals surface area contributed by atoms with Crippen molar-refractivity contribution in [2.45, 2.75) is 12.1 Å². The van der Waals surface area contributed by atoms with Crippen molar-refractivity contribution in [3.8, 4) is 6.07 Å². The lowest BCUT2D eigenvalue weighted by atomic mass is 9.94. The van der Waals surface area contributed by atoms with E-state index in [1.165, 1.54) is 5.56 Å². The summed E-state index contributed by atoms with van der Waals surface area (Å²) in [5, 5.41) is 18.9. The molecule has 0 radical (unpaired) electrons. The molecule has 1 aromatic heterocycles. The number of hydrogen-bond acceptors (Lipinski definition) is 4.